The maximum atomic E-state index is 5.67. The molecule has 2 rings (SSSR count). The summed E-state index contributed by atoms with van der Waals surface area (Å²) in [5.74, 6) is 0.693. The SMILES string of the molecule is Cc1ccc(CCc2nnc(CCCCl)s2)cc1. The molecule has 0 fully saturated rings. The van der Waals surface area contributed by atoms with Crippen LogP contribution in [0.5, 0.6) is 0 Å². The van der Waals surface area contributed by atoms with Crippen LogP contribution >= 0.6 is 22.9 Å². The summed E-state index contributed by atoms with van der Waals surface area (Å²) >= 11 is 7.38. The van der Waals surface area contributed by atoms with Crippen molar-refractivity contribution in [3.05, 3.63) is 45.4 Å². The van der Waals surface area contributed by atoms with Gasteiger partial charge in [0, 0.05) is 18.7 Å². The van der Waals surface area contributed by atoms with Crippen molar-refractivity contribution in [2.45, 2.75) is 32.6 Å². The van der Waals surface area contributed by atoms with Gasteiger partial charge in [0.1, 0.15) is 10.0 Å². The Labute approximate surface area is 117 Å². The molecule has 0 unspecified atom stereocenters. The van der Waals surface area contributed by atoms with Crippen molar-refractivity contribution in [2.75, 3.05) is 5.88 Å². The second-order valence-corrected chi connectivity index (χ2v) is 5.89. The van der Waals surface area contributed by atoms with Gasteiger partial charge in [-0.25, -0.2) is 0 Å². The zero-order chi connectivity index (χ0) is 12.8. The van der Waals surface area contributed by atoms with Crippen molar-refractivity contribution in [2.24, 2.45) is 0 Å². The number of nitrogens with zero attached hydrogens (tertiary/aromatic N) is 2. The highest BCUT2D eigenvalue weighted by molar-refractivity contribution is 7.11. The van der Waals surface area contributed by atoms with E-state index in [0.29, 0.717) is 5.88 Å². The molecule has 0 aliphatic carbocycles. The predicted octanol–water partition coefficient (Wildman–Crippen LogP) is 3.80. The Hall–Kier alpha value is -0.930. The topological polar surface area (TPSA) is 25.8 Å². The summed E-state index contributed by atoms with van der Waals surface area (Å²) in [5, 5.41) is 10.6. The highest BCUT2D eigenvalue weighted by Gasteiger charge is 2.04. The van der Waals surface area contributed by atoms with E-state index < -0.39 is 0 Å². The zero-order valence-corrected chi connectivity index (χ0v) is 12.1. The van der Waals surface area contributed by atoms with Crippen LogP contribution < -0.4 is 0 Å². The number of rotatable bonds is 6. The highest BCUT2D eigenvalue weighted by Crippen LogP contribution is 2.15. The summed E-state index contributed by atoms with van der Waals surface area (Å²) in [6.07, 6.45) is 3.94. The van der Waals surface area contributed by atoms with Gasteiger partial charge in [0.05, 0.1) is 0 Å². The van der Waals surface area contributed by atoms with Crippen LogP contribution in [0.25, 0.3) is 0 Å². The van der Waals surface area contributed by atoms with Crippen molar-refractivity contribution in [3.8, 4) is 0 Å². The van der Waals surface area contributed by atoms with Crippen LogP contribution in [0, 0.1) is 6.92 Å². The molecule has 0 radical (unpaired) electrons. The Kier molecular flexibility index (Phi) is 5.14. The van der Waals surface area contributed by atoms with Crippen LogP contribution in [-0.2, 0) is 19.3 Å². The van der Waals surface area contributed by atoms with E-state index in [2.05, 4.69) is 41.4 Å². The van der Waals surface area contributed by atoms with Crippen LogP contribution in [0.1, 0.15) is 27.6 Å². The first kappa shape index (κ1) is 13.5. The summed E-state index contributed by atoms with van der Waals surface area (Å²) in [4.78, 5) is 0. The smallest absolute Gasteiger partial charge is 0.117 e. The molecule has 2 aromatic rings. The van der Waals surface area contributed by atoms with Gasteiger partial charge in [0.2, 0.25) is 0 Å². The maximum Gasteiger partial charge on any atom is 0.117 e. The van der Waals surface area contributed by atoms with Gasteiger partial charge < -0.3 is 0 Å². The molecule has 0 saturated heterocycles. The molecule has 2 nitrogen and oxygen atoms in total. The average Bonchev–Trinajstić information content (AvgIpc) is 2.84. The van der Waals surface area contributed by atoms with E-state index >= 15 is 0 Å². The molecule has 0 N–H and O–H groups in total. The molecule has 0 amide bonds. The fourth-order valence-corrected chi connectivity index (χ4v) is 2.73. The van der Waals surface area contributed by atoms with Crippen LogP contribution in [-0.4, -0.2) is 16.1 Å². The van der Waals surface area contributed by atoms with Crippen molar-refractivity contribution in [1.82, 2.24) is 10.2 Å². The molecule has 18 heavy (non-hydrogen) atoms. The number of halogens is 1. The Balaban J connectivity index is 1.86. The Bertz CT molecular complexity index is 479. The molecule has 0 atom stereocenters. The van der Waals surface area contributed by atoms with Crippen molar-refractivity contribution in [3.63, 3.8) is 0 Å². The summed E-state index contributed by atoms with van der Waals surface area (Å²) in [6, 6.07) is 8.68. The van der Waals surface area contributed by atoms with Crippen molar-refractivity contribution in [1.29, 1.82) is 0 Å². The van der Waals surface area contributed by atoms with E-state index in [1.54, 1.807) is 11.3 Å². The van der Waals surface area contributed by atoms with Gasteiger partial charge in [-0.05, 0) is 25.3 Å². The summed E-state index contributed by atoms with van der Waals surface area (Å²) in [6.45, 7) is 2.11. The molecular weight excluding hydrogens is 264 g/mol. The van der Waals surface area contributed by atoms with Crippen LogP contribution in [0.15, 0.2) is 24.3 Å². The molecule has 1 aromatic carbocycles. The maximum absolute atomic E-state index is 5.67. The number of hydrogen-bond donors (Lipinski definition) is 0. The molecule has 96 valence electrons. The van der Waals surface area contributed by atoms with Crippen LogP contribution in [0.3, 0.4) is 0 Å². The standard InChI is InChI=1S/C14H17ClN2S/c1-11-4-6-12(7-5-11)8-9-14-17-16-13(18-14)3-2-10-15/h4-7H,2-3,8-10H2,1H3. The molecular formula is C14H17ClN2S. The van der Waals surface area contributed by atoms with Gasteiger partial charge in [0.25, 0.3) is 0 Å². The molecule has 1 heterocycles. The van der Waals surface area contributed by atoms with E-state index in [1.807, 2.05) is 0 Å². The van der Waals surface area contributed by atoms with E-state index in [4.69, 9.17) is 11.6 Å². The highest BCUT2D eigenvalue weighted by atomic mass is 35.5. The predicted molar refractivity (Wildman–Crippen MR) is 77.5 cm³/mol. The third-order valence-corrected chi connectivity index (χ3v) is 4.09. The molecule has 0 saturated carbocycles. The number of alkyl halides is 1. The lowest BCUT2D eigenvalue weighted by molar-refractivity contribution is 0.856. The quantitative estimate of drug-likeness (QED) is 0.752. The number of hydrogen-bond acceptors (Lipinski definition) is 3. The average molecular weight is 281 g/mol. The van der Waals surface area contributed by atoms with Gasteiger partial charge >= 0.3 is 0 Å². The third kappa shape index (κ3) is 4.07. The Morgan fingerprint density at radius 2 is 1.67 bits per heavy atom. The van der Waals surface area contributed by atoms with Crippen LogP contribution in [0.2, 0.25) is 0 Å². The van der Waals surface area contributed by atoms with E-state index in [1.165, 1.54) is 11.1 Å². The normalized spacial score (nSPS) is 10.8. The lowest BCUT2D eigenvalue weighted by atomic mass is 10.1. The Morgan fingerprint density at radius 1 is 1.00 bits per heavy atom. The summed E-state index contributed by atoms with van der Waals surface area (Å²) < 4.78 is 0. The first-order valence-electron chi connectivity index (χ1n) is 6.20. The van der Waals surface area contributed by atoms with Gasteiger partial charge in [-0.15, -0.1) is 33.1 Å². The van der Waals surface area contributed by atoms with E-state index in [9.17, 15) is 0 Å². The van der Waals surface area contributed by atoms with Crippen molar-refractivity contribution < 1.29 is 0 Å². The largest absolute Gasteiger partial charge is 0.144 e. The second kappa shape index (κ2) is 6.86. The molecule has 1 aromatic heterocycles. The molecule has 0 spiro atoms. The molecule has 0 aliphatic rings. The minimum Gasteiger partial charge on any atom is -0.144 e. The van der Waals surface area contributed by atoms with E-state index in [0.717, 1.165) is 35.7 Å². The Morgan fingerprint density at radius 3 is 2.33 bits per heavy atom. The first-order chi connectivity index (χ1) is 8.78. The van der Waals surface area contributed by atoms with Gasteiger partial charge in [-0.3, -0.25) is 0 Å². The van der Waals surface area contributed by atoms with Gasteiger partial charge in [-0.2, -0.15) is 0 Å². The first-order valence-corrected chi connectivity index (χ1v) is 7.56. The zero-order valence-electron chi connectivity index (χ0n) is 10.5. The third-order valence-electron chi connectivity index (χ3n) is 2.78. The van der Waals surface area contributed by atoms with Gasteiger partial charge in [-0.1, -0.05) is 29.8 Å². The molecule has 4 heteroatoms. The fourth-order valence-electron chi connectivity index (χ4n) is 1.71. The molecule has 0 aliphatic heterocycles. The lowest BCUT2D eigenvalue weighted by Gasteiger charge is -1.99. The molecule has 0 bridgehead atoms. The van der Waals surface area contributed by atoms with Gasteiger partial charge in [0.15, 0.2) is 0 Å². The number of aromatic nitrogens is 2. The van der Waals surface area contributed by atoms with E-state index in [-0.39, 0.29) is 0 Å². The minimum absolute atomic E-state index is 0.693. The number of benzene rings is 1. The lowest BCUT2D eigenvalue weighted by Crippen LogP contribution is -1.90. The summed E-state index contributed by atoms with van der Waals surface area (Å²) in [5.41, 5.74) is 2.66. The minimum atomic E-state index is 0.693. The fraction of sp³-hybridized carbons (Fsp3) is 0.429. The second-order valence-electron chi connectivity index (χ2n) is 4.37. The van der Waals surface area contributed by atoms with Crippen LogP contribution in [0.4, 0.5) is 0 Å². The monoisotopic (exact) mass is 280 g/mol. The van der Waals surface area contributed by atoms with Crippen molar-refractivity contribution >= 4 is 22.9 Å². The summed E-state index contributed by atoms with van der Waals surface area (Å²) in [7, 11) is 0. The number of aryl methyl sites for hydroxylation is 4.